The van der Waals surface area contributed by atoms with Crippen LogP contribution < -0.4 is 21.8 Å². The smallest absolute Gasteiger partial charge is 0.341 e. The van der Waals surface area contributed by atoms with Crippen LogP contribution in [0.15, 0.2) is 40.2 Å². The summed E-state index contributed by atoms with van der Waals surface area (Å²) in [5.74, 6) is -3.51. The highest BCUT2D eigenvalue weighted by Gasteiger charge is 2.35. The van der Waals surface area contributed by atoms with Gasteiger partial charge in [-0.05, 0) is 25.0 Å². The van der Waals surface area contributed by atoms with E-state index in [0.29, 0.717) is 6.54 Å². The number of nitrogens with two attached hydrogens (primary N) is 2. The predicted octanol–water partition coefficient (Wildman–Crippen LogP) is 2.16. The van der Waals surface area contributed by atoms with Crippen LogP contribution in [0.25, 0.3) is 10.9 Å². The molecule has 3 heterocycles. The average Bonchev–Trinajstić information content (AvgIpc) is 3.14. The monoisotopic (exact) mass is 566 g/mol. The molecule has 0 spiro atoms. The van der Waals surface area contributed by atoms with Crippen molar-refractivity contribution in [2.75, 3.05) is 36.9 Å². The number of anilines is 2. The number of nitrogen functional groups attached to an aromatic ring is 1. The second-order valence-corrected chi connectivity index (χ2v) is 11.1. The van der Waals surface area contributed by atoms with Gasteiger partial charge in [0.2, 0.25) is 5.43 Å². The lowest BCUT2D eigenvalue weighted by molar-refractivity contribution is -0.0219. The first-order chi connectivity index (χ1) is 18.2. The quantitative estimate of drug-likeness (QED) is 0.270. The molecule has 3 aromatic rings. The molecule has 0 unspecified atom stereocenters. The van der Waals surface area contributed by atoms with E-state index < -0.39 is 49.8 Å². The minimum Gasteiger partial charge on any atom is -0.477 e. The lowest BCUT2D eigenvalue weighted by Gasteiger charge is -2.31. The first-order valence-electron chi connectivity index (χ1n) is 11.9. The number of carboxylic acids is 1. The fraction of sp³-hybridized carbons (Fsp3) is 0.360. The SMILES string of the molecule is C[C@H]1CN(c2c(F)c(N)c3c(=O)c(C(=O)O)cn(C4COC4)c3c2F)C[C@@H]1N.Cc1ccc(S(=O)(=O)O)cc1. The highest BCUT2D eigenvalue weighted by molar-refractivity contribution is 7.85. The van der Waals surface area contributed by atoms with E-state index in [1.165, 1.54) is 21.6 Å². The van der Waals surface area contributed by atoms with Crippen LogP contribution in [0.3, 0.4) is 0 Å². The van der Waals surface area contributed by atoms with Crippen LogP contribution in [0.5, 0.6) is 0 Å². The van der Waals surface area contributed by atoms with Gasteiger partial charge in [-0.25, -0.2) is 13.6 Å². The molecule has 2 aliphatic heterocycles. The molecule has 0 amide bonds. The summed E-state index contributed by atoms with van der Waals surface area (Å²) in [4.78, 5) is 25.5. The van der Waals surface area contributed by atoms with Gasteiger partial charge in [-0.1, -0.05) is 24.6 Å². The third kappa shape index (κ3) is 5.32. The fourth-order valence-electron chi connectivity index (χ4n) is 4.54. The predicted molar refractivity (Wildman–Crippen MR) is 140 cm³/mol. The fourth-order valence-corrected chi connectivity index (χ4v) is 5.02. The Morgan fingerprint density at radius 3 is 2.21 bits per heavy atom. The minimum atomic E-state index is -4.02. The Balaban J connectivity index is 0.000000270. The number of halogens is 2. The van der Waals surface area contributed by atoms with E-state index in [4.69, 9.17) is 20.8 Å². The molecule has 2 aliphatic rings. The van der Waals surface area contributed by atoms with Gasteiger partial charge in [0.25, 0.3) is 10.1 Å². The number of carboxylic acid groups (broad SMARTS) is 1. The summed E-state index contributed by atoms with van der Waals surface area (Å²) >= 11 is 0. The number of pyridine rings is 1. The number of rotatable bonds is 4. The Morgan fingerprint density at radius 2 is 1.74 bits per heavy atom. The molecule has 11 nitrogen and oxygen atoms in total. The molecular weight excluding hydrogens is 538 g/mol. The van der Waals surface area contributed by atoms with Crippen molar-refractivity contribution >= 4 is 38.4 Å². The normalized spacial score (nSPS) is 19.5. The molecule has 0 bridgehead atoms. The Labute approximate surface area is 222 Å². The zero-order chi connectivity index (χ0) is 28.8. The molecule has 39 heavy (non-hydrogen) atoms. The molecule has 0 radical (unpaired) electrons. The largest absolute Gasteiger partial charge is 0.477 e. The number of benzene rings is 2. The molecule has 5 rings (SSSR count). The Morgan fingerprint density at radius 1 is 1.13 bits per heavy atom. The van der Waals surface area contributed by atoms with Gasteiger partial charge < -0.3 is 30.8 Å². The van der Waals surface area contributed by atoms with E-state index in [1.54, 1.807) is 12.1 Å². The van der Waals surface area contributed by atoms with Crippen LogP contribution in [0.1, 0.15) is 28.9 Å². The van der Waals surface area contributed by atoms with Gasteiger partial charge in [0.05, 0.1) is 40.7 Å². The molecule has 2 saturated heterocycles. The van der Waals surface area contributed by atoms with Gasteiger partial charge in [-0.2, -0.15) is 8.42 Å². The van der Waals surface area contributed by atoms with Gasteiger partial charge in [0.15, 0.2) is 11.6 Å². The third-order valence-corrected chi connectivity index (χ3v) is 7.78. The first-order valence-corrected chi connectivity index (χ1v) is 13.4. The van der Waals surface area contributed by atoms with E-state index >= 15 is 8.78 Å². The number of aromatic carboxylic acids is 1. The molecule has 2 fully saturated rings. The maximum atomic E-state index is 15.6. The highest BCUT2D eigenvalue weighted by atomic mass is 32.2. The lowest BCUT2D eigenvalue weighted by atomic mass is 10.0. The van der Waals surface area contributed by atoms with E-state index in [2.05, 4.69) is 0 Å². The van der Waals surface area contributed by atoms with Crippen LogP contribution in [-0.4, -0.2) is 61.0 Å². The summed E-state index contributed by atoms with van der Waals surface area (Å²) in [6.45, 7) is 4.73. The number of nitrogens with zero attached hydrogens (tertiary/aromatic N) is 2. The second kappa shape index (κ2) is 10.5. The van der Waals surface area contributed by atoms with Crippen LogP contribution in [0, 0.1) is 24.5 Å². The average molecular weight is 567 g/mol. The summed E-state index contributed by atoms with van der Waals surface area (Å²) in [5.41, 5.74) is 10.1. The number of aromatic nitrogens is 1. The molecule has 14 heteroatoms. The maximum absolute atomic E-state index is 15.6. The Kier molecular flexibility index (Phi) is 7.67. The van der Waals surface area contributed by atoms with E-state index in [1.807, 2.05) is 13.8 Å². The van der Waals surface area contributed by atoms with Crippen molar-refractivity contribution in [3.05, 3.63) is 63.4 Å². The van der Waals surface area contributed by atoms with Gasteiger partial charge >= 0.3 is 5.97 Å². The molecule has 2 atom stereocenters. The highest BCUT2D eigenvalue weighted by Crippen LogP contribution is 2.38. The number of ether oxygens (including phenoxy) is 1. The Bertz CT molecular complexity index is 1600. The van der Waals surface area contributed by atoms with Crippen molar-refractivity contribution in [3.8, 4) is 0 Å². The molecule has 0 aliphatic carbocycles. The molecule has 6 N–H and O–H groups in total. The Hall–Kier alpha value is -3.59. The van der Waals surface area contributed by atoms with Crippen molar-refractivity contribution in [1.29, 1.82) is 0 Å². The molecular formula is C25H28F2N4O7S. The zero-order valence-electron chi connectivity index (χ0n) is 21.1. The molecule has 2 aromatic carbocycles. The van der Waals surface area contributed by atoms with E-state index in [0.717, 1.165) is 11.8 Å². The topological polar surface area (TPSA) is 178 Å². The summed E-state index contributed by atoms with van der Waals surface area (Å²) in [6.07, 6.45) is 1.07. The third-order valence-electron chi connectivity index (χ3n) is 6.91. The van der Waals surface area contributed by atoms with Crippen molar-refractivity contribution in [2.45, 2.75) is 30.8 Å². The van der Waals surface area contributed by atoms with Crippen molar-refractivity contribution in [1.82, 2.24) is 4.57 Å². The van der Waals surface area contributed by atoms with Crippen LogP contribution in [0.4, 0.5) is 20.2 Å². The summed E-state index contributed by atoms with van der Waals surface area (Å²) < 4.78 is 66.6. The maximum Gasteiger partial charge on any atom is 0.341 e. The second-order valence-electron chi connectivity index (χ2n) is 9.72. The number of aryl methyl sites for hydroxylation is 1. The summed E-state index contributed by atoms with van der Waals surface area (Å²) in [5, 5.41) is 8.87. The van der Waals surface area contributed by atoms with Gasteiger partial charge in [0, 0.05) is 25.3 Å². The molecule has 0 saturated carbocycles. The van der Waals surface area contributed by atoms with Crippen LogP contribution >= 0.6 is 0 Å². The van der Waals surface area contributed by atoms with Gasteiger partial charge in [-0.3, -0.25) is 9.35 Å². The van der Waals surface area contributed by atoms with Crippen molar-refractivity contribution in [2.24, 2.45) is 11.7 Å². The number of carbonyl (C=O) groups is 1. The summed E-state index contributed by atoms with van der Waals surface area (Å²) in [6, 6.07) is 5.35. The lowest BCUT2D eigenvalue weighted by Crippen LogP contribution is -2.34. The standard InChI is InChI=1S/C18H20F2N4O4.C7H8O3S/c1-7-2-23(4-10(7)21)16-12(19)14(22)11-15(13(16)20)24(8-5-28-6-8)3-9(17(11)25)18(26)27;1-6-2-4-7(5-3-6)11(8,9)10/h3,7-8,10H,2,4-6,21-22H2,1H3,(H,26,27);2-5H,1H3,(H,8,9,10)/t7-,10-;/m0./s1. The van der Waals surface area contributed by atoms with Gasteiger partial charge in [-0.15, -0.1) is 0 Å². The number of fused-ring (bicyclic) bond motifs is 1. The van der Waals surface area contributed by atoms with Crippen molar-refractivity contribution in [3.63, 3.8) is 0 Å². The number of hydrogen-bond acceptors (Lipinski definition) is 8. The molecule has 210 valence electrons. The molecule has 1 aromatic heterocycles. The van der Waals surface area contributed by atoms with Gasteiger partial charge in [0.1, 0.15) is 11.3 Å². The zero-order valence-corrected chi connectivity index (χ0v) is 21.9. The number of hydrogen-bond donors (Lipinski definition) is 4. The van der Waals surface area contributed by atoms with E-state index in [-0.39, 0.29) is 53.9 Å². The summed E-state index contributed by atoms with van der Waals surface area (Å²) in [7, 11) is -4.02. The first kappa shape index (κ1) is 28.4. The minimum absolute atomic E-state index is 0.0207. The van der Waals surface area contributed by atoms with Crippen LogP contribution in [-0.2, 0) is 14.9 Å². The van der Waals surface area contributed by atoms with E-state index in [9.17, 15) is 23.1 Å². The van der Waals surface area contributed by atoms with Crippen molar-refractivity contribution < 1.29 is 36.4 Å². The van der Waals surface area contributed by atoms with Crippen LogP contribution in [0.2, 0.25) is 0 Å².